The lowest BCUT2D eigenvalue weighted by atomic mass is 9.86. The van der Waals surface area contributed by atoms with E-state index >= 15 is 0 Å². The van der Waals surface area contributed by atoms with Crippen LogP contribution in [0.4, 0.5) is 0 Å². The fourth-order valence-corrected chi connectivity index (χ4v) is 2.65. The molecule has 3 fully saturated rings. The molecule has 0 saturated carbocycles. The van der Waals surface area contributed by atoms with Gasteiger partial charge in [0.2, 0.25) is 0 Å². The lowest BCUT2D eigenvalue weighted by molar-refractivity contribution is -0.0718. The smallest absolute Gasteiger partial charge is 0.0517 e. The normalized spacial score (nSPS) is 36.5. The van der Waals surface area contributed by atoms with Gasteiger partial charge in [0, 0.05) is 25.7 Å². The van der Waals surface area contributed by atoms with Crippen LogP contribution < -0.4 is 0 Å². The molecule has 3 aliphatic rings. The highest BCUT2D eigenvalue weighted by molar-refractivity contribution is 5.24. The van der Waals surface area contributed by atoms with E-state index in [-0.39, 0.29) is 0 Å². The third-order valence-electron chi connectivity index (χ3n) is 3.57. The van der Waals surface area contributed by atoms with Crippen LogP contribution in [-0.4, -0.2) is 42.5 Å². The zero-order valence-corrected chi connectivity index (χ0v) is 8.48. The molecule has 2 bridgehead atoms. The van der Waals surface area contributed by atoms with Crippen molar-refractivity contribution < 1.29 is 0 Å². The van der Waals surface area contributed by atoms with Crippen molar-refractivity contribution in [3.05, 3.63) is 35.9 Å². The Morgan fingerprint density at radius 1 is 1.29 bits per heavy atom. The molecule has 0 aliphatic carbocycles. The van der Waals surface area contributed by atoms with Gasteiger partial charge in [-0.3, -0.25) is 9.80 Å². The number of piperazine rings is 2. The summed E-state index contributed by atoms with van der Waals surface area (Å²) in [7, 11) is 2.24. The minimum absolute atomic E-state index is 0.642. The predicted octanol–water partition coefficient (Wildman–Crippen LogP) is 1.16. The van der Waals surface area contributed by atoms with Crippen molar-refractivity contribution in [2.24, 2.45) is 0 Å². The fourth-order valence-electron chi connectivity index (χ4n) is 2.65. The van der Waals surface area contributed by atoms with E-state index in [4.69, 9.17) is 0 Å². The third kappa shape index (κ3) is 1.11. The minimum atomic E-state index is 0.642. The predicted molar refractivity (Wildman–Crippen MR) is 56.0 cm³/mol. The largest absolute Gasteiger partial charge is 0.299 e. The molecule has 3 heterocycles. The van der Waals surface area contributed by atoms with Crippen LogP contribution in [0.25, 0.3) is 0 Å². The van der Waals surface area contributed by atoms with Crippen LogP contribution in [0.5, 0.6) is 0 Å². The highest BCUT2D eigenvalue weighted by atomic mass is 15.4. The summed E-state index contributed by atoms with van der Waals surface area (Å²) in [6.45, 7) is 3.69. The first-order valence-electron chi connectivity index (χ1n) is 5.26. The van der Waals surface area contributed by atoms with Crippen molar-refractivity contribution in [1.29, 1.82) is 0 Å². The van der Waals surface area contributed by atoms with Crippen LogP contribution in [0.3, 0.4) is 0 Å². The molecule has 0 N–H and O–H groups in total. The summed E-state index contributed by atoms with van der Waals surface area (Å²) in [6.07, 6.45) is 0. The Morgan fingerprint density at radius 3 is 2.71 bits per heavy atom. The number of hydrogen-bond donors (Lipinski definition) is 0. The lowest BCUT2D eigenvalue weighted by Gasteiger charge is -2.57. The number of likely N-dealkylation sites (N-methyl/N-ethyl adjacent to an activating group) is 1. The summed E-state index contributed by atoms with van der Waals surface area (Å²) >= 11 is 0. The number of rotatable bonds is 1. The molecule has 3 unspecified atom stereocenters. The van der Waals surface area contributed by atoms with E-state index in [1.165, 1.54) is 25.2 Å². The van der Waals surface area contributed by atoms with E-state index in [1.54, 1.807) is 0 Å². The van der Waals surface area contributed by atoms with Gasteiger partial charge in [-0.25, -0.2) is 0 Å². The van der Waals surface area contributed by atoms with Crippen LogP contribution in [0.15, 0.2) is 24.3 Å². The molecule has 1 aromatic carbocycles. The van der Waals surface area contributed by atoms with E-state index in [1.807, 2.05) is 12.1 Å². The SMILES string of the molecule is CN1CCN2CC1C2c1cc[c]cc1. The lowest BCUT2D eigenvalue weighted by Crippen LogP contribution is -2.66. The molecule has 0 spiro atoms. The van der Waals surface area contributed by atoms with Crippen molar-refractivity contribution in [2.75, 3.05) is 26.7 Å². The van der Waals surface area contributed by atoms with Crippen LogP contribution in [0.1, 0.15) is 11.6 Å². The van der Waals surface area contributed by atoms with Crippen molar-refractivity contribution in [3.8, 4) is 0 Å². The van der Waals surface area contributed by atoms with E-state index in [9.17, 15) is 0 Å². The van der Waals surface area contributed by atoms with Gasteiger partial charge >= 0.3 is 0 Å². The van der Waals surface area contributed by atoms with Gasteiger partial charge in [-0.05, 0) is 18.7 Å². The van der Waals surface area contributed by atoms with Crippen LogP contribution in [-0.2, 0) is 0 Å². The first-order chi connectivity index (χ1) is 6.86. The summed E-state index contributed by atoms with van der Waals surface area (Å²) in [6, 6.07) is 12.9. The minimum Gasteiger partial charge on any atom is -0.299 e. The average Bonchev–Trinajstić information content (AvgIpc) is 2.18. The number of hydrogen-bond acceptors (Lipinski definition) is 2. The fraction of sp³-hybridized carbons (Fsp3) is 0.500. The van der Waals surface area contributed by atoms with Crippen molar-refractivity contribution in [2.45, 2.75) is 12.1 Å². The van der Waals surface area contributed by atoms with E-state index < -0.39 is 0 Å². The van der Waals surface area contributed by atoms with Gasteiger partial charge in [-0.15, -0.1) is 0 Å². The van der Waals surface area contributed by atoms with Crippen LogP contribution in [0.2, 0.25) is 0 Å². The molecule has 3 aliphatic heterocycles. The van der Waals surface area contributed by atoms with Crippen molar-refractivity contribution in [1.82, 2.24) is 9.80 Å². The molecular formula is C12H15N2. The molecule has 0 amide bonds. The number of nitrogens with zero attached hydrogens (tertiary/aromatic N) is 2. The molecule has 73 valence electrons. The summed E-state index contributed by atoms with van der Waals surface area (Å²) in [5.41, 5.74) is 1.45. The molecule has 2 heteroatoms. The Hall–Kier alpha value is -0.860. The first-order valence-corrected chi connectivity index (χ1v) is 5.26. The Kier molecular flexibility index (Phi) is 1.85. The zero-order chi connectivity index (χ0) is 9.54. The summed E-state index contributed by atoms with van der Waals surface area (Å²) in [4.78, 5) is 5.06. The van der Waals surface area contributed by atoms with Gasteiger partial charge in [-0.1, -0.05) is 24.3 Å². The molecule has 4 rings (SSSR count). The summed E-state index contributed by atoms with van der Waals surface area (Å²) < 4.78 is 0. The van der Waals surface area contributed by atoms with Crippen molar-refractivity contribution >= 4 is 0 Å². The van der Waals surface area contributed by atoms with Gasteiger partial charge in [0.15, 0.2) is 0 Å². The number of benzene rings is 1. The second-order valence-electron chi connectivity index (χ2n) is 4.32. The second kappa shape index (κ2) is 3.07. The topological polar surface area (TPSA) is 6.48 Å². The summed E-state index contributed by atoms with van der Waals surface area (Å²) in [5.74, 6) is 0. The molecule has 1 radical (unpaired) electrons. The van der Waals surface area contributed by atoms with Gasteiger partial charge in [0.05, 0.1) is 6.04 Å². The van der Waals surface area contributed by atoms with Crippen LogP contribution in [0, 0.1) is 6.07 Å². The first kappa shape index (κ1) is 8.45. The number of fused-ring (bicyclic) bond motifs is 2. The molecule has 1 aromatic rings. The second-order valence-corrected chi connectivity index (χ2v) is 4.32. The average molecular weight is 187 g/mol. The maximum absolute atomic E-state index is 3.08. The van der Waals surface area contributed by atoms with E-state index in [2.05, 4.69) is 35.0 Å². The van der Waals surface area contributed by atoms with Gasteiger partial charge in [0.1, 0.15) is 0 Å². The quantitative estimate of drug-likeness (QED) is 0.651. The standard InChI is InChI=1S/C12H15N2/c1-13-7-8-14-9-11(13)12(14)10-5-3-2-4-6-10/h3-6,11-12H,7-9H2,1H3. The molecule has 0 aromatic heterocycles. The molecule has 3 atom stereocenters. The molecular weight excluding hydrogens is 172 g/mol. The Morgan fingerprint density at radius 2 is 2.07 bits per heavy atom. The Labute approximate surface area is 85.1 Å². The van der Waals surface area contributed by atoms with E-state index in [0.717, 1.165) is 6.04 Å². The Balaban J connectivity index is 1.87. The molecule has 2 nitrogen and oxygen atoms in total. The highest BCUT2D eigenvalue weighted by Gasteiger charge is 2.45. The van der Waals surface area contributed by atoms with Gasteiger partial charge in [-0.2, -0.15) is 0 Å². The van der Waals surface area contributed by atoms with Crippen LogP contribution >= 0.6 is 0 Å². The molecule has 3 saturated heterocycles. The monoisotopic (exact) mass is 187 g/mol. The summed E-state index contributed by atoms with van der Waals surface area (Å²) in [5, 5.41) is 0. The maximum atomic E-state index is 3.08. The zero-order valence-electron chi connectivity index (χ0n) is 8.48. The van der Waals surface area contributed by atoms with Crippen molar-refractivity contribution in [3.63, 3.8) is 0 Å². The van der Waals surface area contributed by atoms with Gasteiger partial charge in [0.25, 0.3) is 0 Å². The third-order valence-corrected chi connectivity index (χ3v) is 3.57. The van der Waals surface area contributed by atoms with E-state index in [0.29, 0.717) is 6.04 Å². The maximum Gasteiger partial charge on any atom is 0.0517 e. The van der Waals surface area contributed by atoms with Gasteiger partial charge < -0.3 is 0 Å². The highest BCUT2D eigenvalue weighted by Crippen LogP contribution is 2.38. The Bertz CT molecular complexity index is 320. The molecule has 14 heavy (non-hydrogen) atoms.